The van der Waals surface area contributed by atoms with Gasteiger partial charge in [0.2, 0.25) is 5.95 Å². The molecule has 4 rings (SSSR count). The molecule has 1 unspecified atom stereocenters. The molecule has 0 saturated heterocycles. The Labute approximate surface area is 184 Å². The third-order valence-electron chi connectivity index (χ3n) is 4.68. The van der Waals surface area contributed by atoms with E-state index in [0.717, 1.165) is 28.3 Å². The Morgan fingerprint density at radius 2 is 2.03 bits per heavy atom. The van der Waals surface area contributed by atoms with Crippen LogP contribution in [-0.4, -0.2) is 22.4 Å². The molecule has 2 aromatic heterocycles. The van der Waals surface area contributed by atoms with Crippen molar-refractivity contribution in [2.75, 3.05) is 11.9 Å². The number of benzene rings is 1. The summed E-state index contributed by atoms with van der Waals surface area (Å²) in [6.07, 6.45) is 9.16. The molecule has 1 aromatic carbocycles. The fraction of sp³-hybridized carbons (Fsp3) is 0.174. The number of amides is 1. The van der Waals surface area contributed by atoms with Gasteiger partial charge in [-0.25, -0.2) is 9.97 Å². The zero-order valence-corrected chi connectivity index (χ0v) is 18.0. The summed E-state index contributed by atoms with van der Waals surface area (Å²) >= 11 is 7.34. The lowest BCUT2D eigenvalue weighted by Crippen LogP contribution is -2.24. The SMILES string of the molecule is CC1C=CC(CNC(=O)c2ccc(-c3ccnc(Nc4ccc(Cl)cc4)n3)s2)=CC1. The number of carbonyl (C=O) groups excluding carboxylic acids is 1. The lowest BCUT2D eigenvalue weighted by Gasteiger charge is -2.12. The zero-order valence-electron chi connectivity index (χ0n) is 16.4. The highest BCUT2D eigenvalue weighted by atomic mass is 35.5. The Balaban J connectivity index is 1.41. The Morgan fingerprint density at radius 1 is 1.20 bits per heavy atom. The highest BCUT2D eigenvalue weighted by molar-refractivity contribution is 7.17. The van der Waals surface area contributed by atoms with Gasteiger partial charge in [-0.3, -0.25) is 4.79 Å². The van der Waals surface area contributed by atoms with Crippen molar-refractivity contribution in [2.24, 2.45) is 5.92 Å². The van der Waals surface area contributed by atoms with E-state index in [2.05, 4.69) is 45.8 Å². The third-order valence-corrected chi connectivity index (χ3v) is 6.04. The fourth-order valence-electron chi connectivity index (χ4n) is 2.99. The maximum Gasteiger partial charge on any atom is 0.261 e. The number of nitrogens with one attached hydrogen (secondary N) is 2. The molecule has 152 valence electrons. The predicted molar refractivity (Wildman–Crippen MR) is 123 cm³/mol. The summed E-state index contributed by atoms with van der Waals surface area (Å²) in [4.78, 5) is 22.9. The zero-order chi connectivity index (χ0) is 20.9. The summed E-state index contributed by atoms with van der Waals surface area (Å²) in [7, 11) is 0. The number of thiophene rings is 1. The number of anilines is 2. The van der Waals surface area contributed by atoms with Gasteiger partial charge in [-0.15, -0.1) is 11.3 Å². The summed E-state index contributed by atoms with van der Waals surface area (Å²) < 4.78 is 0. The molecule has 0 saturated carbocycles. The van der Waals surface area contributed by atoms with Gasteiger partial charge in [-0.1, -0.05) is 36.8 Å². The van der Waals surface area contributed by atoms with Gasteiger partial charge < -0.3 is 10.6 Å². The smallest absolute Gasteiger partial charge is 0.261 e. The first-order valence-electron chi connectivity index (χ1n) is 9.68. The molecule has 1 amide bonds. The Kier molecular flexibility index (Phi) is 6.26. The van der Waals surface area contributed by atoms with Crippen molar-refractivity contribution < 1.29 is 4.79 Å². The number of rotatable bonds is 6. The van der Waals surface area contributed by atoms with Crippen molar-refractivity contribution in [3.8, 4) is 10.6 Å². The predicted octanol–water partition coefficient (Wildman–Crippen LogP) is 5.85. The number of allylic oxidation sites excluding steroid dienone is 2. The van der Waals surface area contributed by atoms with Crippen LogP contribution in [0.15, 0.2) is 72.5 Å². The van der Waals surface area contributed by atoms with Crippen LogP contribution in [0.1, 0.15) is 23.0 Å². The van der Waals surface area contributed by atoms with Gasteiger partial charge in [0.25, 0.3) is 5.91 Å². The minimum atomic E-state index is -0.0762. The normalized spacial score (nSPS) is 15.5. The molecular weight excluding hydrogens is 416 g/mol. The van der Waals surface area contributed by atoms with Crippen LogP contribution in [0, 0.1) is 5.92 Å². The van der Waals surface area contributed by atoms with E-state index < -0.39 is 0 Å². The Bertz CT molecular complexity index is 1100. The van der Waals surface area contributed by atoms with E-state index in [1.807, 2.05) is 30.3 Å². The molecule has 3 aromatic rings. The number of aromatic nitrogens is 2. The molecule has 2 N–H and O–H groups in total. The molecule has 0 fully saturated rings. The summed E-state index contributed by atoms with van der Waals surface area (Å²) in [6, 6.07) is 12.9. The maximum absolute atomic E-state index is 12.5. The van der Waals surface area contributed by atoms with E-state index in [1.165, 1.54) is 11.3 Å². The molecule has 5 nitrogen and oxygen atoms in total. The average molecular weight is 437 g/mol. The van der Waals surface area contributed by atoms with Crippen LogP contribution in [0.4, 0.5) is 11.6 Å². The minimum Gasteiger partial charge on any atom is -0.347 e. The van der Waals surface area contributed by atoms with Gasteiger partial charge in [0, 0.05) is 23.5 Å². The molecule has 0 radical (unpaired) electrons. The lowest BCUT2D eigenvalue weighted by atomic mass is 9.98. The topological polar surface area (TPSA) is 66.9 Å². The maximum atomic E-state index is 12.5. The van der Waals surface area contributed by atoms with Crippen molar-refractivity contribution in [3.05, 3.63) is 82.4 Å². The van der Waals surface area contributed by atoms with Gasteiger partial charge in [0.15, 0.2) is 0 Å². The van der Waals surface area contributed by atoms with Crippen molar-refractivity contribution in [1.29, 1.82) is 0 Å². The number of hydrogen-bond donors (Lipinski definition) is 2. The molecule has 1 atom stereocenters. The molecule has 0 bridgehead atoms. The van der Waals surface area contributed by atoms with E-state index in [1.54, 1.807) is 18.3 Å². The lowest BCUT2D eigenvalue weighted by molar-refractivity contribution is 0.0961. The van der Waals surface area contributed by atoms with Crippen molar-refractivity contribution in [2.45, 2.75) is 13.3 Å². The molecule has 0 spiro atoms. The average Bonchev–Trinajstić information content (AvgIpc) is 3.26. The van der Waals surface area contributed by atoms with Crippen molar-refractivity contribution in [1.82, 2.24) is 15.3 Å². The first kappa shape index (κ1) is 20.3. The van der Waals surface area contributed by atoms with Gasteiger partial charge >= 0.3 is 0 Å². The molecule has 2 heterocycles. The highest BCUT2D eigenvalue weighted by Gasteiger charge is 2.12. The van der Waals surface area contributed by atoms with E-state index >= 15 is 0 Å². The van der Waals surface area contributed by atoms with E-state index in [9.17, 15) is 4.79 Å². The van der Waals surface area contributed by atoms with Gasteiger partial charge in [0.1, 0.15) is 0 Å². The van der Waals surface area contributed by atoms with Gasteiger partial charge in [-0.2, -0.15) is 0 Å². The molecule has 7 heteroatoms. The Hall–Kier alpha value is -2.96. The largest absolute Gasteiger partial charge is 0.347 e. The second-order valence-electron chi connectivity index (χ2n) is 7.10. The number of carbonyl (C=O) groups is 1. The first-order valence-corrected chi connectivity index (χ1v) is 10.9. The summed E-state index contributed by atoms with van der Waals surface area (Å²) in [6.45, 7) is 2.72. The quantitative estimate of drug-likeness (QED) is 0.508. The number of hydrogen-bond acceptors (Lipinski definition) is 5. The second kappa shape index (κ2) is 9.24. The molecule has 1 aliphatic carbocycles. The monoisotopic (exact) mass is 436 g/mol. The standard InChI is InChI=1S/C23H21ClN4OS/c1-15-2-4-16(5-3-15)14-26-22(29)21-11-10-20(30-21)19-12-13-25-23(28-19)27-18-8-6-17(24)7-9-18/h2,4-13,15H,3,14H2,1H3,(H,26,29)(H,25,27,28). The van der Waals surface area contributed by atoms with Crippen molar-refractivity contribution >= 4 is 40.5 Å². The van der Waals surface area contributed by atoms with Crippen LogP contribution in [0.25, 0.3) is 10.6 Å². The van der Waals surface area contributed by atoms with Gasteiger partial charge in [0.05, 0.1) is 15.4 Å². The summed E-state index contributed by atoms with van der Waals surface area (Å²) in [5.41, 5.74) is 2.76. The second-order valence-corrected chi connectivity index (χ2v) is 8.62. The summed E-state index contributed by atoms with van der Waals surface area (Å²) in [5.74, 6) is 0.975. The van der Waals surface area contributed by atoms with Gasteiger partial charge in [-0.05, 0) is 60.4 Å². The fourth-order valence-corrected chi connectivity index (χ4v) is 4.01. The first-order chi connectivity index (χ1) is 14.6. The van der Waals surface area contributed by atoms with Crippen LogP contribution in [0.3, 0.4) is 0 Å². The molecule has 30 heavy (non-hydrogen) atoms. The van der Waals surface area contributed by atoms with Crippen LogP contribution < -0.4 is 10.6 Å². The van der Waals surface area contributed by atoms with Crippen LogP contribution in [-0.2, 0) is 0 Å². The summed E-state index contributed by atoms with van der Waals surface area (Å²) in [5, 5.41) is 6.83. The van der Waals surface area contributed by atoms with Crippen LogP contribution >= 0.6 is 22.9 Å². The van der Waals surface area contributed by atoms with Crippen LogP contribution in [0.5, 0.6) is 0 Å². The minimum absolute atomic E-state index is 0.0762. The van der Waals surface area contributed by atoms with Crippen molar-refractivity contribution in [3.63, 3.8) is 0 Å². The molecular formula is C23H21ClN4OS. The number of nitrogens with zero attached hydrogens (tertiary/aromatic N) is 2. The van der Waals surface area contributed by atoms with E-state index in [0.29, 0.717) is 28.3 Å². The van der Waals surface area contributed by atoms with E-state index in [4.69, 9.17) is 11.6 Å². The van der Waals surface area contributed by atoms with E-state index in [-0.39, 0.29) is 5.91 Å². The molecule has 0 aliphatic heterocycles. The third kappa shape index (κ3) is 5.14. The number of halogens is 1. The highest BCUT2D eigenvalue weighted by Crippen LogP contribution is 2.28. The van der Waals surface area contributed by atoms with Crippen LogP contribution in [0.2, 0.25) is 5.02 Å². The Morgan fingerprint density at radius 3 is 2.80 bits per heavy atom. The molecule has 1 aliphatic rings.